The van der Waals surface area contributed by atoms with Crippen LogP contribution in [0.25, 0.3) is 10.9 Å². The van der Waals surface area contributed by atoms with Gasteiger partial charge in [0.25, 0.3) is 17.8 Å². The summed E-state index contributed by atoms with van der Waals surface area (Å²) in [5, 5.41) is 12.4. The molecule has 2 aromatic heterocycles. The minimum absolute atomic E-state index is 0.0440. The summed E-state index contributed by atoms with van der Waals surface area (Å²) in [6.07, 6.45) is 6.89. The molecule has 0 aliphatic heterocycles. The van der Waals surface area contributed by atoms with Crippen molar-refractivity contribution in [3.8, 4) is 5.75 Å². The lowest BCUT2D eigenvalue weighted by Gasteiger charge is -2.02. The Morgan fingerprint density at radius 1 is 0.718 bits per heavy atom. The van der Waals surface area contributed by atoms with E-state index in [9.17, 15) is 5.11 Å². The molecule has 3 aromatic carbocycles. The molecular formula is C27H17Cl4N7O. The molecular weight excluding hydrogens is 580 g/mol. The molecule has 0 atom stereocenters. The topological polar surface area (TPSA) is 112 Å². The largest absolute Gasteiger partial charge is 0.508 e. The average Bonchev–Trinajstić information content (AvgIpc) is 3.30. The Hall–Kier alpha value is -3.82. The monoisotopic (exact) mass is 595 g/mol. The SMILES string of the molecule is Oc1ccc2[nH]cc(C/C=N/c3nc(/N=C/c4c(Cl)cccc4Cl)nc(/N=C/c4c(Cl)cccc4Cl)n3)c2c1. The third-order valence-corrected chi connectivity index (χ3v) is 6.80. The van der Waals surface area contributed by atoms with E-state index >= 15 is 0 Å². The van der Waals surface area contributed by atoms with Crippen molar-refractivity contribution in [2.45, 2.75) is 6.42 Å². The number of H-pyrrole nitrogens is 1. The number of phenols is 1. The molecule has 0 unspecified atom stereocenters. The fraction of sp³-hybridized carbons (Fsp3) is 0.0370. The summed E-state index contributed by atoms with van der Waals surface area (Å²) in [6.45, 7) is 0. The van der Waals surface area contributed by atoms with Crippen LogP contribution in [-0.4, -0.2) is 43.7 Å². The molecule has 0 radical (unpaired) electrons. The molecule has 0 saturated heterocycles. The first-order valence-corrected chi connectivity index (χ1v) is 12.9. The number of fused-ring (bicyclic) bond motifs is 1. The summed E-state index contributed by atoms with van der Waals surface area (Å²) in [5.74, 6) is 0.354. The predicted molar refractivity (Wildman–Crippen MR) is 159 cm³/mol. The molecule has 194 valence electrons. The normalized spacial score (nSPS) is 12.0. The minimum atomic E-state index is 0.0440. The van der Waals surface area contributed by atoms with Crippen LogP contribution in [0.1, 0.15) is 16.7 Å². The number of nitrogens with zero attached hydrogens (tertiary/aromatic N) is 6. The van der Waals surface area contributed by atoms with Crippen LogP contribution in [0.4, 0.5) is 17.8 Å². The van der Waals surface area contributed by atoms with E-state index < -0.39 is 0 Å². The number of hydrogen-bond acceptors (Lipinski definition) is 7. The first kappa shape index (κ1) is 26.8. The Labute approximate surface area is 242 Å². The summed E-state index contributed by atoms with van der Waals surface area (Å²) in [5.41, 5.74) is 2.88. The van der Waals surface area contributed by atoms with Gasteiger partial charge >= 0.3 is 0 Å². The molecule has 5 rings (SSSR count). The van der Waals surface area contributed by atoms with Gasteiger partial charge in [-0.15, -0.1) is 0 Å². The number of aromatic nitrogens is 4. The van der Waals surface area contributed by atoms with Gasteiger partial charge in [-0.3, -0.25) is 0 Å². The van der Waals surface area contributed by atoms with E-state index in [4.69, 9.17) is 46.4 Å². The van der Waals surface area contributed by atoms with Crippen molar-refractivity contribution in [2.24, 2.45) is 15.0 Å². The van der Waals surface area contributed by atoms with Gasteiger partial charge in [-0.2, -0.15) is 15.0 Å². The van der Waals surface area contributed by atoms with Gasteiger partial charge in [0.1, 0.15) is 5.75 Å². The first-order chi connectivity index (χ1) is 18.9. The minimum Gasteiger partial charge on any atom is -0.508 e. The van der Waals surface area contributed by atoms with Crippen LogP contribution in [0.2, 0.25) is 20.1 Å². The number of halogens is 4. The van der Waals surface area contributed by atoms with E-state index in [1.165, 1.54) is 12.4 Å². The van der Waals surface area contributed by atoms with Gasteiger partial charge in [0.05, 0.1) is 20.1 Å². The van der Waals surface area contributed by atoms with Crippen LogP contribution in [0, 0.1) is 0 Å². The van der Waals surface area contributed by atoms with Crippen molar-refractivity contribution in [2.75, 3.05) is 0 Å². The Morgan fingerprint density at radius 3 is 1.77 bits per heavy atom. The Bertz CT molecular complexity index is 1640. The van der Waals surface area contributed by atoms with Crippen LogP contribution < -0.4 is 0 Å². The zero-order chi connectivity index (χ0) is 27.4. The highest BCUT2D eigenvalue weighted by molar-refractivity contribution is 6.39. The number of aromatic hydroxyl groups is 1. The summed E-state index contributed by atoms with van der Waals surface area (Å²) in [7, 11) is 0. The standard InChI is InChI=1S/C27H17Cl4N7O/c28-20-3-1-4-21(29)18(20)13-34-26-36-25(32-10-9-15-12-33-24-8-7-16(39)11-17(15)24)37-27(38-26)35-14-19-22(30)5-2-6-23(19)31/h1-8,10-14,33,39H,9H2/b32-10+,34-13+,35-14+. The maximum absolute atomic E-state index is 9.84. The molecule has 5 aromatic rings. The molecule has 0 aliphatic rings. The second-order valence-electron chi connectivity index (χ2n) is 8.08. The Kier molecular flexibility index (Phi) is 8.18. The van der Waals surface area contributed by atoms with Crippen molar-refractivity contribution >= 4 is 93.8 Å². The lowest BCUT2D eigenvalue weighted by molar-refractivity contribution is 0.476. The molecule has 0 fully saturated rings. The van der Waals surface area contributed by atoms with Gasteiger partial charge in [0.2, 0.25) is 0 Å². The summed E-state index contributed by atoms with van der Waals surface area (Å²) < 4.78 is 0. The zero-order valence-electron chi connectivity index (χ0n) is 19.9. The third-order valence-electron chi connectivity index (χ3n) is 5.49. The Balaban J connectivity index is 1.48. The van der Waals surface area contributed by atoms with E-state index in [2.05, 4.69) is 34.9 Å². The van der Waals surface area contributed by atoms with Crippen LogP contribution in [0.3, 0.4) is 0 Å². The summed E-state index contributed by atoms with van der Waals surface area (Å²) in [4.78, 5) is 29.1. The number of rotatable bonds is 7. The predicted octanol–water partition coefficient (Wildman–Crippen LogP) is 8.12. The fourth-order valence-electron chi connectivity index (χ4n) is 3.59. The van der Waals surface area contributed by atoms with Crippen LogP contribution in [0.15, 0.2) is 75.8 Å². The first-order valence-electron chi connectivity index (χ1n) is 11.4. The number of benzene rings is 3. The van der Waals surface area contributed by atoms with Crippen molar-refractivity contribution in [1.29, 1.82) is 0 Å². The maximum Gasteiger partial charge on any atom is 0.256 e. The van der Waals surface area contributed by atoms with Gasteiger partial charge in [-0.25, -0.2) is 15.0 Å². The van der Waals surface area contributed by atoms with Crippen molar-refractivity contribution in [3.63, 3.8) is 0 Å². The number of phenolic OH excluding ortho intramolecular Hbond substituents is 1. The van der Waals surface area contributed by atoms with Crippen LogP contribution >= 0.6 is 46.4 Å². The molecule has 8 nitrogen and oxygen atoms in total. The highest BCUT2D eigenvalue weighted by Gasteiger charge is 2.08. The van der Waals surface area contributed by atoms with Gasteiger partial charge in [0, 0.05) is 53.3 Å². The Morgan fingerprint density at radius 2 is 1.23 bits per heavy atom. The van der Waals surface area contributed by atoms with E-state index in [0.717, 1.165) is 16.5 Å². The van der Waals surface area contributed by atoms with Gasteiger partial charge in [0.15, 0.2) is 0 Å². The molecule has 0 saturated carbocycles. The van der Waals surface area contributed by atoms with E-state index in [-0.39, 0.29) is 23.6 Å². The molecule has 0 aliphatic carbocycles. The average molecular weight is 597 g/mol. The molecule has 0 spiro atoms. The maximum atomic E-state index is 9.84. The molecule has 2 N–H and O–H groups in total. The van der Waals surface area contributed by atoms with Crippen LogP contribution in [-0.2, 0) is 6.42 Å². The van der Waals surface area contributed by atoms with E-state index in [1.807, 2.05) is 12.3 Å². The third kappa shape index (κ3) is 6.43. The number of aliphatic imine (C=N–C) groups is 3. The molecule has 0 bridgehead atoms. The lowest BCUT2D eigenvalue weighted by atomic mass is 10.1. The molecule has 0 amide bonds. The number of nitrogens with one attached hydrogen (secondary N) is 1. The quantitative estimate of drug-likeness (QED) is 0.185. The second-order valence-corrected chi connectivity index (χ2v) is 9.71. The number of hydrogen-bond donors (Lipinski definition) is 2. The molecule has 39 heavy (non-hydrogen) atoms. The summed E-state index contributed by atoms with van der Waals surface area (Å²) in [6, 6.07) is 15.4. The van der Waals surface area contributed by atoms with Crippen molar-refractivity contribution in [1.82, 2.24) is 19.9 Å². The smallest absolute Gasteiger partial charge is 0.256 e. The van der Waals surface area contributed by atoms with E-state index in [1.54, 1.807) is 54.7 Å². The van der Waals surface area contributed by atoms with Gasteiger partial charge < -0.3 is 10.1 Å². The fourth-order valence-corrected chi connectivity index (χ4v) is 4.58. The molecule has 12 heteroatoms. The highest BCUT2D eigenvalue weighted by atomic mass is 35.5. The highest BCUT2D eigenvalue weighted by Crippen LogP contribution is 2.26. The lowest BCUT2D eigenvalue weighted by Crippen LogP contribution is -1.92. The van der Waals surface area contributed by atoms with Gasteiger partial charge in [-0.1, -0.05) is 58.5 Å². The van der Waals surface area contributed by atoms with Crippen molar-refractivity contribution < 1.29 is 5.11 Å². The van der Waals surface area contributed by atoms with Crippen molar-refractivity contribution in [3.05, 3.63) is 97.6 Å². The zero-order valence-corrected chi connectivity index (χ0v) is 22.9. The van der Waals surface area contributed by atoms with Gasteiger partial charge in [-0.05, 0) is 48.0 Å². The van der Waals surface area contributed by atoms with E-state index in [0.29, 0.717) is 37.6 Å². The summed E-state index contributed by atoms with van der Waals surface area (Å²) >= 11 is 25.0. The van der Waals surface area contributed by atoms with Crippen LogP contribution in [0.5, 0.6) is 5.75 Å². The second kappa shape index (κ2) is 11.9. The molecule has 2 heterocycles. The number of aromatic amines is 1.